The zero-order valence-electron chi connectivity index (χ0n) is 16.4. The van der Waals surface area contributed by atoms with Gasteiger partial charge in [-0.05, 0) is 55.8 Å². The van der Waals surface area contributed by atoms with Crippen LogP contribution in [0.15, 0.2) is 42.6 Å². The number of carbonyl (C=O) groups excluding carboxylic acids is 2. The minimum Gasteiger partial charge on any atom is -0.497 e. The van der Waals surface area contributed by atoms with Crippen molar-refractivity contribution < 1.29 is 14.3 Å². The van der Waals surface area contributed by atoms with E-state index in [1.807, 2.05) is 24.3 Å². The molecule has 0 spiro atoms. The smallest absolute Gasteiger partial charge is 0.270 e. The minimum absolute atomic E-state index is 0.0812. The van der Waals surface area contributed by atoms with E-state index in [9.17, 15) is 9.59 Å². The van der Waals surface area contributed by atoms with E-state index >= 15 is 0 Å². The summed E-state index contributed by atoms with van der Waals surface area (Å²) in [5.74, 6) is 0.113. The molecule has 1 aliphatic rings. The first-order valence-corrected chi connectivity index (χ1v) is 9.99. The van der Waals surface area contributed by atoms with Crippen LogP contribution in [0.1, 0.15) is 34.9 Å². The zero-order valence-corrected chi connectivity index (χ0v) is 17.1. The molecule has 0 bridgehead atoms. The highest BCUT2D eigenvalue weighted by Crippen LogP contribution is 2.26. The molecule has 2 aromatic rings. The van der Waals surface area contributed by atoms with Crippen LogP contribution in [-0.4, -0.2) is 55.0 Å². The van der Waals surface area contributed by atoms with Gasteiger partial charge in [0.25, 0.3) is 5.91 Å². The Balaban J connectivity index is 1.55. The highest BCUT2D eigenvalue weighted by Gasteiger charge is 2.24. The lowest BCUT2D eigenvalue weighted by atomic mass is 10.1. The van der Waals surface area contributed by atoms with E-state index in [0.29, 0.717) is 11.6 Å². The van der Waals surface area contributed by atoms with Crippen LogP contribution in [0.3, 0.4) is 0 Å². The second-order valence-electron chi connectivity index (χ2n) is 6.88. The fraction of sp³-hybridized carbons (Fsp3) is 0.381. The van der Waals surface area contributed by atoms with Crippen molar-refractivity contribution in [3.05, 3.63) is 58.9 Å². The lowest BCUT2D eigenvalue weighted by molar-refractivity contribution is -0.120. The van der Waals surface area contributed by atoms with Gasteiger partial charge in [0.05, 0.1) is 19.7 Å². The highest BCUT2D eigenvalue weighted by molar-refractivity contribution is 6.30. The number of rotatable bonds is 8. The summed E-state index contributed by atoms with van der Waals surface area (Å²) in [7, 11) is 1.64. The van der Waals surface area contributed by atoms with Crippen LogP contribution in [0, 0.1) is 0 Å². The quantitative estimate of drug-likeness (QED) is 0.690. The van der Waals surface area contributed by atoms with Gasteiger partial charge in [-0.2, -0.15) is 0 Å². The Labute approximate surface area is 175 Å². The number of aromatic nitrogens is 1. The average molecular weight is 417 g/mol. The van der Waals surface area contributed by atoms with Crippen LogP contribution in [0.4, 0.5) is 0 Å². The Morgan fingerprint density at radius 2 is 1.90 bits per heavy atom. The molecular formula is C21H25ClN4O3. The summed E-state index contributed by atoms with van der Waals surface area (Å²) in [6.07, 6.45) is 3.76. The number of benzene rings is 1. The van der Waals surface area contributed by atoms with Crippen LogP contribution < -0.4 is 15.4 Å². The van der Waals surface area contributed by atoms with Crippen LogP contribution in [0.25, 0.3) is 0 Å². The molecule has 1 unspecified atom stereocenters. The Hall–Kier alpha value is -2.64. The molecule has 0 aliphatic carbocycles. The van der Waals surface area contributed by atoms with E-state index in [0.717, 1.165) is 37.2 Å². The summed E-state index contributed by atoms with van der Waals surface area (Å²) >= 11 is 5.86. The number of carbonyl (C=O) groups is 2. The molecule has 1 fully saturated rings. The fourth-order valence-electron chi connectivity index (χ4n) is 3.39. The fourth-order valence-corrected chi connectivity index (χ4v) is 3.55. The van der Waals surface area contributed by atoms with Crippen LogP contribution in [0.2, 0.25) is 5.02 Å². The first-order chi connectivity index (χ1) is 14.1. The molecule has 2 N–H and O–H groups in total. The van der Waals surface area contributed by atoms with Gasteiger partial charge in [-0.15, -0.1) is 0 Å². The van der Waals surface area contributed by atoms with E-state index in [1.165, 1.54) is 12.3 Å². The van der Waals surface area contributed by atoms with Crippen LogP contribution in [-0.2, 0) is 4.79 Å². The van der Waals surface area contributed by atoms with Gasteiger partial charge in [0.1, 0.15) is 11.4 Å². The third-order valence-corrected chi connectivity index (χ3v) is 5.17. The molecule has 1 aromatic carbocycles. The summed E-state index contributed by atoms with van der Waals surface area (Å²) < 4.78 is 5.23. The maximum atomic E-state index is 12.3. The molecule has 7 nitrogen and oxygen atoms in total. The summed E-state index contributed by atoms with van der Waals surface area (Å²) in [6, 6.07) is 11.0. The number of likely N-dealkylation sites (tertiary alicyclic amines) is 1. The number of ether oxygens (including phenoxy) is 1. The van der Waals surface area contributed by atoms with E-state index in [1.54, 1.807) is 13.2 Å². The van der Waals surface area contributed by atoms with Crippen molar-refractivity contribution in [3.8, 4) is 5.75 Å². The SMILES string of the molecule is COc1ccc(C(CNC(=O)CNC(=O)c2cc(Cl)ccn2)N2CCCC2)cc1. The van der Waals surface area contributed by atoms with Gasteiger partial charge in [0.15, 0.2) is 0 Å². The second-order valence-corrected chi connectivity index (χ2v) is 7.31. The van der Waals surface area contributed by atoms with Crippen molar-refractivity contribution >= 4 is 23.4 Å². The number of hydrogen-bond acceptors (Lipinski definition) is 5. The van der Waals surface area contributed by atoms with E-state index < -0.39 is 5.91 Å². The minimum atomic E-state index is -0.436. The molecular weight excluding hydrogens is 392 g/mol. The van der Waals surface area contributed by atoms with E-state index in [-0.39, 0.29) is 24.2 Å². The molecule has 2 amide bonds. The number of nitrogens with zero attached hydrogens (tertiary/aromatic N) is 2. The van der Waals surface area contributed by atoms with Gasteiger partial charge >= 0.3 is 0 Å². The van der Waals surface area contributed by atoms with Crippen molar-refractivity contribution in [2.45, 2.75) is 18.9 Å². The molecule has 0 saturated carbocycles. The maximum absolute atomic E-state index is 12.3. The van der Waals surface area contributed by atoms with Crippen LogP contribution in [0.5, 0.6) is 5.75 Å². The van der Waals surface area contributed by atoms with Gasteiger partial charge in [-0.3, -0.25) is 19.5 Å². The Morgan fingerprint density at radius 3 is 2.55 bits per heavy atom. The molecule has 8 heteroatoms. The monoisotopic (exact) mass is 416 g/mol. The van der Waals surface area contributed by atoms with Gasteiger partial charge < -0.3 is 15.4 Å². The Morgan fingerprint density at radius 1 is 1.17 bits per heavy atom. The summed E-state index contributed by atoms with van der Waals surface area (Å²) in [6.45, 7) is 2.35. The zero-order chi connectivity index (χ0) is 20.6. The molecule has 154 valence electrons. The second kappa shape index (κ2) is 10.2. The summed E-state index contributed by atoms with van der Waals surface area (Å²) in [4.78, 5) is 30.7. The first kappa shape index (κ1) is 21.1. The molecule has 1 aliphatic heterocycles. The predicted molar refractivity (Wildman–Crippen MR) is 111 cm³/mol. The third-order valence-electron chi connectivity index (χ3n) is 4.94. The Bertz CT molecular complexity index is 838. The third kappa shape index (κ3) is 5.92. The van der Waals surface area contributed by atoms with Crippen molar-refractivity contribution in [3.63, 3.8) is 0 Å². The summed E-state index contributed by atoms with van der Waals surface area (Å²) in [5.41, 5.74) is 1.30. The number of halogens is 1. The lowest BCUT2D eigenvalue weighted by Crippen LogP contribution is -2.41. The van der Waals surface area contributed by atoms with Gasteiger partial charge in [-0.1, -0.05) is 23.7 Å². The topological polar surface area (TPSA) is 83.6 Å². The number of hydrogen-bond donors (Lipinski definition) is 2. The highest BCUT2D eigenvalue weighted by atomic mass is 35.5. The van der Waals surface area contributed by atoms with Crippen molar-refractivity contribution in [2.24, 2.45) is 0 Å². The number of methoxy groups -OCH3 is 1. The maximum Gasteiger partial charge on any atom is 0.270 e. The van der Waals surface area contributed by atoms with Crippen molar-refractivity contribution in [1.82, 2.24) is 20.5 Å². The van der Waals surface area contributed by atoms with Crippen molar-refractivity contribution in [1.29, 1.82) is 0 Å². The first-order valence-electron chi connectivity index (χ1n) is 9.61. The van der Waals surface area contributed by atoms with Gasteiger partial charge in [0.2, 0.25) is 5.91 Å². The standard InChI is InChI=1S/C21H25ClN4O3/c1-29-17-6-4-15(5-7-17)19(26-10-2-3-11-26)13-24-20(27)14-25-21(28)18-12-16(22)8-9-23-18/h4-9,12,19H,2-3,10-11,13-14H2,1H3,(H,24,27)(H,25,28). The lowest BCUT2D eigenvalue weighted by Gasteiger charge is -2.28. The van der Waals surface area contributed by atoms with Gasteiger partial charge in [-0.25, -0.2) is 0 Å². The molecule has 0 radical (unpaired) electrons. The largest absolute Gasteiger partial charge is 0.497 e. The molecule has 1 atom stereocenters. The normalized spacial score (nSPS) is 15.0. The van der Waals surface area contributed by atoms with E-state index in [4.69, 9.17) is 16.3 Å². The average Bonchev–Trinajstić information content (AvgIpc) is 3.27. The van der Waals surface area contributed by atoms with Gasteiger partial charge in [0, 0.05) is 17.8 Å². The molecule has 3 rings (SSSR count). The Kier molecular flexibility index (Phi) is 7.43. The number of amides is 2. The molecule has 29 heavy (non-hydrogen) atoms. The van der Waals surface area contributed by atoms with Crippen molar-refractivity contribution in [2.75, 3.05) is 33.3 Å². The summed E-state index contributed by atoms with van der Waals surface area (Å²) in [5, 5.41) is 5.92. The predicted octanol–water partition coefficient (Wildman–Crippen LogP) is 2.43. The number of pyridine rings is 1. The van der Waals surface area contributed by atoms with Crippen LogP contribution >= 0.6 is 11.6 Å². The molecule has 1 aromatic heterocycles. The van der Waals surface area contributed by atoms with E-state index in [2.05, 4.69) is 20.5 Å². The molecule has 1 saturated heterocycles. The molecule has 2 heterocycles. The number of nitrogens with one attached hydrogen (secondary N) is 2.